The fourth-order valence-electron chi connectivity index (χ4n) is 1.84. The van der Waals surface area contributed by atoms with Crippen molar-refractivity contribution in [2.24, 2.45) is 5.41 Å². The summed E-state index contributed by atoms with van der Waals surface area (Å²) in [5.74, 6) is 0.272. The van der Waals surface area contributed by atoms with Gasteiger partial charge in [-0.25, -0.2) is 8.42 Å². The molecule has 0 saturated carbocycles. The number of methoxy groups -OCH3 is 1. The molecule has 0 atom stereocenters. The Kier molecular flexibility index (Phi) is 6.58. The van der Waals surface area contributed by atoms with Gasteiger partial charge in [-0.2, -0.15) is 4.31 Å². The molecule has 7 heteroatoms. The molecule has 0 aliphatic carbocycles. The van der Waals surface area contributed by atoms with Crippen LogP contribution in [0.4, 0.5) is 0 Å². The number of ether oxygens (including phenoxy) is 1. The Morgan fingerprint density at radius 1 is 1.22 bits per heavy atom. The lowest BCUT2D eigenvalue weighted by Crippen LogP contribution is -2.42. The molecule has 1 N–H and O–H groups in total. The normalized spacial score (nSPS) is 12.3. The summed E-state index contributed by atoms with van der Waals surface area (Å²) in [5.41, 5.74) is -0.0540. The van der Waals surface area contributed by atoms with E-state index < -0.39 is 10.0 Å². The van der Waals surface area contributed by atoms with Gasteiger partial charge in [0.1, 0.15) is 5.75 Å². The maximum Gasteiger partial charge on any atom is 0.243 e. The molecule has 0 aromatic heterocycles. The quantitative estimate of drug-likeness (QED) is 0.821. The first kappa shape index (κ1) is 19.4. The van der Waals surface area contributed by atoms with Gasteiger partial charge in [0.2, 0.25) is 15.9 Å². The molecule has 0 spiro atoms. The minimum atomic E-state index is -3.71. The first-order valence-corrected chi connectivity index (χ1v) is 8.95. The number of amides is 1. The van der Waals surface area contributed by atoms with Crippen molar-refractivity contribution in [3.8, 4) is 5.75 Å². The van der Waals surface area contributed by atoms with Crippen LogP contribution in [0.2, 0.25) is 0 Å². The summed E-state index contributed by atoms with van der Waals surface area (Å²) in [4.78, 5) is 12.1. The lowest BCUT2D eigenvalue weighted by Gasteiger charge is -2.22. The van der Waals surface area contributed by atoms with E-state index in [0.29, 0.717) is 12.3 Å². The maximum atomic E-state index is 12.6. The van der Waals surface area contributed by atoms with Crippen LogP contribution in [0, 0.1) is 5.41 Å². The number of carbonyl (C=O) groups is 1. The van der Waals surface area contributed by atoms with Gasteiger partial charge >= 0.3 is 0 Å². The molecular formula is C16H26N2O4S. The summed E-state index contributed by atoms with van der Waals surface area (Å²) in [6.07, 6.45) is 0. The van der Waals surface area contributed by atoms with Gasteiger partial charge < -0.3 is 10.1 Å². The Morgan fingerprint density at radius 3 is 2.22 bits per heavy atom. The molecule has 130 valence electrons. The van der Waals surface area contributed by atoms with Crippen LogP contribution in [0.3, 0.4) is 0 Å². The fraction of sp³-hybridized carbons (Fsp3) is 0.562. The second kappa shape index (κ2) is 7.79. The van der Waals surface area contributed by atoms with E-state index in [-0.39, 0.29) is 29.3 Å². The van der Waals surface area contributed by atoms with Crippen molar-refractivity contribution in [1.29, 1.82) is 0 Å². The Hall–Kier alpha value is -1.60. The van der Waals surface area contributed by atoms with Crippen LogP contribution in [0.5, 0.6) is 5.75 Å². The number of carbonyl (C=O) groups excluding carboxylic acids is 1. The maximum absolute atomic E-state index is 12.6. The Bertz CT molecular complexity index is 618. The highest BCUT2D eigenvalue weighted by Gasteiger charge is 2.25. The summed E-state index contributed by atoms with van der Waals surface area (Å²) in [5, 5.41) is 2.76. The lowest BCUT2D eigenvalue weighted by atomic mass is 9.97. The minimum absolute atomic E-state index is 0.0540. The van der Waals surface area contributed by atoms with E-state index in [1.165, 1.54) is 19.2 Å². The highest BCUT2D eigenvalue weighted by atomic mass is 32.2. The fourth-order valence-corrected chi connectivity index (χ4v) is 3.25. The molecule has 1 aromatic carbocycles. The summed E-state index contributed by atoms with van der Waals surface area (Å²) in [6.45, 7) is 8.22. The molecule has 0 aliphatic rings. The molecule has 1 aromatic rings. The van der Waals surface area contributed by atoms with Gasteiger partial charge in [-0.15, -0.1) is 0 Å². The molecule has 0 unspecified atom stereocenters. The Balaban J connectivity index is 2.84. The van der Waals surface area contributed by atoms with Crippen LogP contribution in [0.25, 0.3) is 0 Å². The molecular weight excluding hydrogens is 316 g/mol. The van der Waals surface area contributed by atoms with Crippen LogP contribution in [-0.2, 0) is 14.8 Å². The van der Waals surface area contributed by atoms with Crippen molar-refractivity contribution in [3.05, 3.63) is 24.3 Å². The third-order valence-electron chi connectivity index (χ3n) is 3.19. The zero-order valence-corrected chi connectivity index (χ0v) is 15.2. The number of sulfonamides is 1. The summed E-state index contributed by atoms with van der Waals surface area (Å²) in [6, 6.07) is 6.12. The number of nitrogens with one attached hydrogen (secondary N) is 1. The molecule has 0 radical (unpaired) electrons. The second-order valence-corrected chi connectivity index (χ2v) is 8.38. The lowest BCUT2D eigenvalue weighted by molar-refractivity contribution is -0.121. The van der Waals surface area contributed by atoms with Crippen molar-refractivity contribution >= 4 is 15.9 Å². The van der Waals surface area contributed by atoms with Gasteiger partial charge in [-0.1, -0.05) is 27.7 Å². The highest BCUT2D eigenvalue weighted by molar-refractivity contribution is 7.89. The Morgan fingerprint density at radius 2 is 1.78 bits per heavy atom. The number of rotatable bonds is 7. The van der Waals surface area contributed by atoms with Crippen molar-refractivity contribution in [3.63, 3.8) is 0 Å². The predicted molar refractivity (Wildman–Crippen MR) is 89.9 cm³/mol. The van der Waals surface area contributed by atoms with Crippen molar-refractivity contribution < 1.29 is 17.9 Å². The SMILES string of the molecule is CCN(CC(=O)NCC(C)(C)C)S(=O)(=O)c1ccc(OC)cc1. The molecule has 0 bridgehead atoms. The van der Waals surface area contributed by atoms with Gasteiger partial charge in [-0.05, 0) is 29.7 Å². The van der Waals surface area contributed by atoms with Crippen LogP contribution >= 0.6 is 0 Å². The average molecular weight is 342 g/mol. The molecule has 23 heavy (non-hydrogen) atoms. The van der Waals surface area contributed by atoms with Gasteiger partial charge in [0.25, 0.3) is 0 Å². The first-order chi connectivity index (χ1) is 10.6. The zero-order valence-electron chi connectivity index (χ0n) is 14.4. The van der Waals surface area contributed by atoms with E-state index in [2.05, 4.69) is 5.32 Å². The monoisotopic (exact) mass is 342 g/mol. The van der Waals surface area contributed by atoms with E-state index in [1.54, 1.807) is 19.1 Å². The largest absolute Gasteiger partial charge is 0.497 e. The number of benzene rings is 1. The first-order valence-electron chi connectivity index (χ1n) is 7.51. The standard InChI is InChI=1S/C16H26N2O4S/c1-6-18(11-15(19)17-12-16(2,3)4)23(20,21)14-9-7-13(22-5)8-10-14/h7-10H,6,11-12H2,1-5H3,(H,17,19). The van der Waals surface area contributed by atoms with Crippen LogP contribution < -0.4 is 10.1 Å². The molecule has 0 heterocycles. The molecule has 0 saturated heterocycles. The predicted octanol–water partition coefficient (Wildman–Crippen LogP) is 1.87. The van der Waals surface area contributed by atoms with Crippen LogP contribution in [-0.4, -0.2) is 45.4 Å². The number of nitrogens with zero attached hydrogens (tertiary/aromatic N) is 1. The van der Waals surface area contributed by atoms with Gasteiger partial charge in [-0.3, -0.25) is 4.79 Å². The topological polar surface area (TPSA) is 75.7 Å². The van der Waals surface area contributed by atoms with Crippen molar-refractivity contribution in [2.45, 2.75) is 32.6 Å². The van der Waals surface area contributed by atoms with Crippen molar-refractivity contribution in [1.82, 2.24) is 9.62 Å². The van der Waals surface area contributed by atoms with Crippen molar-refractivity contribution in [2.75, 3.05) is 26.7 Å². The molecule has 6 nitrogen and oxygen atoms in total. The number of hydrogen-bond acceptors (Lipinski definition) is 4. The number of hydrogen-bond donors (Lipinski definition) is 1. The van der Waals surface area contributed by atoms with E-state index in [0.717, 1.165) is 4.31 Å². The zero-order chi connectivity index (χ0) is 17.7. The third-order valence-corrected chi connectivity index (χ3v) is 5.12. The Labute approximate surface area is 138 Å². The van der Waals surface area contributed by atoms with Crippen LogP contribution in [0.15, 0.2) is 29.2 Å². The van der Waals surface area contributed by atoms with E-state index >= 15 is 0 Å². The smallest absolute Gasteiger partial charge is 0.243 e. The van der Waals surface area contributed by atoms with E-state index in [4.69, 9.17) is 4.74 Å². The molecule has 1 amide bonds. The average Bonchev–Trinajstić information content (AvgIpc) is 2.49. The minimum Gasteiger partial charge on any atom is -0.497 e. The van der Waals surface area contributed by atoms with Gasteiger partial charge in [0.05, 0.1) is 18.6 Å². The number of likely N-dealkylation sites (N-methyl/N-ethyl adjacent to an activating group) is 1. The summed E-state index contributed by atoms with van der Waals surface area (Å²) < 4.78 is 31.4. The van der Waals surface area contributed by atoms with Gasteiger partial charge in [0.15, 0.2) is 0 Å². The summed E-state index contributed by atoms with van der Waals surface area (Å²) in [7, 11) is -2.19. The van der Waals surface area contributed by atoms with E-state index in [1.807, 2.05) is 20.8 Å². The highest BCUT2D eigenvalue weighted by Crippen LogP contribution is 2.19. The van der Waals surface area contributed by atoms with E-state index in [9.17, 15) is 13.2 Å². The van der Waals surface area contributed by atoms with Gasteiger partial charge in [0, 0.05) is 13.1 Å². The molecule has 0 aliphatic heterocycles. The second-order valence-electron chi connectivity index (χ2n) is 6.44. The van der Waals surface area contributed by atoms with Crippen LogP contribution in [0.1, 0.15) is 27.7 Å². The summed E-state index contributed by atoms with van der Waals surface area (Å²) >= 11 is 0. The third kappa shape index (κ3) is 5.84. The molecule has 1 rings (SSSR count). The molecule has 0 fully saturated rings.